The highest BCUT2D eigenvalue weighted by Gasteiger charge is 2.21. The average Bonchev–Trinajstić information content (AvgIpc) is 3.18. The Morgan fingerprint density at radius 1 is 0.286 bits per heavy atom. The van der Waals surface area contributed by atoms with Crippen LogP contribution in [0.5, 0.6) is 0 Å². The van der Waals surface area contributed by atoms with Crippen molar-refractivity contribution in [2.45, 2.75) is 78.6 Å². The first-order valence-corrected chi connectivity index (χ1v) is 19.9. The van der Waals surface area contributed by atoms with Gasteiger partial charge < -0.3 is 10.6 Å². The second-order valence-corrected chi connectivity index (χ2v) is 18.2. The van der Waals surface area contributed by atoms with E-state index in [0.29, 0.717) is 0 Å². The van der Waals surface area contributed by atoms with Crippen LogP contribution in [0.15, 0.2) is 164 Å². The topological polar surface area (TPSA) is 24.1 Å². The van der Waals surface area contributed by atoms with Crippen LogP contribution in [0.4, 0.5) is 22.7 Å². The number of hydrogen-bond donors (Lipinski definition) is 2. The normalized spacial score (nSPS) is 12.0. The van der Waals surface area contributed by atoms with E-state index >= 15 is 0 Å². The molecule has 0 aromatic heterocycles. The molecule has 56 heavy (non-hydrogen) atoms. The van der Waals surface area contributed by atoms with Gasteiger partial charge in [-0.15, -0.1) is 0 Å². The van der Waals surface area contributed by atoms with E-state index in [-0.39, 0.29) is 16.2 Å². The molecular weight excluding hydrogens is 677 g/mol. The molecule has 0 saturated carbocycles. The fourth-order valence-corrected chi connectivity index (χ4v) is 7.23. The molecule has 0 radical (unpaired) electrons. The van der Waals surface area contributed by atoms with Crippen LogP contribution in [-0.4, -0.2) is 0 Å². The summed E-state index contributed by atoms with van der Waals surface area (Å²) in [6.07, 6.45) is 0. The van der Waals surface area contributed by atoms with E-state index in [2.05, 4.69) is 237 Å². The van der Waals surface area contributed by atoms with Gasteiger partial charge in [0.1, 0.15) is 0 Å². The van der Waals surface area contributed by atoms with Gasteiger partial charge in [-0.2, -0.15) is 0 Å². The monoisotopic (exact) mass is 732 g/mol. The third-order valence-electron chi connectivity index (χ3n) is 10.7. The second kappa shape index (κ2) is 15.3. The van der Waals surface area contributed by atoms with Gasteiger partial charge in [-0.25, -0.2) is 0 Å². The molecule has 0 fully saturated rings. The summed E-state index contributed by atoms with van der Waals surface area (Å²) < 4.78 is 0. The fourth-order valence-electron chi connectivity index (χ4n) is 7.23. The van der Waals surface area contributed by atoms with Crippen LogP contribution in [0.1, 0.15) is 79.0 Å². The summed E-state index contributed by atoms with van der Waals surface area (Å²) in [6, 6.07) is 59.8. The molecule has 2 N–H and O–H groups in total. The Hall–Kier alpha value is -5.86. The molecule has 282 valence electrons. The molecule has 0 aliphatic rings. The maximum Gasteiger partial charge on any atom is 0.0464 e. The summed E-state index contributed by atoms with van der Waals surface area (Å²) in [4.78, 5) is 0. The van der Waals surface area contributed by atoms with Crippen molar-refractivity contribution < 1.29 is 0 Å². The summed E-state index contributed by atoms with van der Waals surface area (Å²) in [7, 11) is 0. The molecule has 0 aliphatic carbocycles. The molecule has 0 aliphatic heterocycles. The molecule has 0 saturated heterocycles. The lowest BCUT2D eigenvalue weighted by atomic mass is 9.84. The van der Waals surface area contributed by atoms with E-state index in [0.717, 1.165) is 22.7 Å². The minimum Gasteiger partial charge on any atom is -0.355 e. The predicted octanol–water partition coefficient (Wildman–Crippen LogP) is 15.7. The van der Waals surface area contributed by atoms with Gasteiger partial charge >= 0.3 is 0 Å². The first kappa shape index (κ1) is 38.4. The van der Waals surface area contributed by atoms with Crippen molar-refractivity contribution in [1.29, 1.82) is 0 Å². The van der Waals surface area contributed by atoms with E-state index in [1.807, 2.05) is 0 Å². The molecular formula is C54H56N2. The van der Waals surface area contributed by atoms with Crippen LogP contribution in [-0.2, 0) is 16.2 Å². The SMILES string of the molecule is CC(C)(C)c1cc(Nc2ccc(C(C)(C)C)cc2-c2cccc(-c3ccccc3)c2)cc(Nc2ccc(C(C)(C)C)cc2-c2cccc(-c3ccccc3)c2)c1. The predicted molar refractivity (Wildman–Crippen MR) is 244 cm³/mol. The van der Waals surface area contributed by atoms with Crippen LogP contribution in [0.3, 0.4) is 0 Å². The quantitative estimate of drug-likeness (QED) is 0.163. The van der Waals surface area contributed by atoms with Gasteiger partial charge in [-0.3, -0.25) is 0 Å². The highest BCUT2D eigenvalue weighted by molar-refractivity contribution is 5.87. The Labute approximate surface area is 335 Å². The molecule has 2 nitrogen and oxygen atoms in total. The molecule has 7 aromatic rings. The van der Waals surface area contributed by atoms with Crippen LogP contribution in [0.25, 0.3) is 44.5 Å². The Morgan fingerprint density at radius 2 is 0.643 bits per heavy atom. The first-order valence-electron chi connectivity index (χ1n) is 19.9. The zero-order valence-electron chi connectivity index (χ0n) is 34.6. The minimum atomic E-state index is -0.0694. The number of hydrogen-bond acceptors (Lipinski definition) is 2. The maximum atomic E-state index is 3.91. The smallest absolute Gasteiger partial charge is 0.0464 e. The highest BCUT2D eigenvalue weighted by Crippen LogP contribution is 2.41. The van der Waals surface area contributed by atoms with Crippen LogP contribution in [0.2, 0.25) is 0 Å². The van der Waals surface area contributed by atoms with E-state index in [9.17, 15) is 0 Å². The van der Waals surface area contributed by atoms with E-state index in [1.165, 1.54) is 61.2 Å². The molecule has 0 unspecified atom stereocenters. The molecule has 0 bridgehead atoms. The van der Waals surface area contributed by atoms with Gasteiger partial charge in [0.15, 0.2) is 0 Å². The molecule has 2 heteroatoms. The highest BCUT2D eigenvalue weighted by atomic mass is 14.9. The van der Waals surface area contributed by atoms with Crippen LogP contribution < -0.4 is 10.6 Å². The third kappa shape index (κ3) is 8.82. The maximum absolute atomic E-state index is 3.91. The van der Waals surface area contributed by atoms with Gasteiger partial charge in [0.25, 0.3) is 0 Å². The Balaban J connectivity index is 1.31. The zero-order chi connectivity index (χ0) is 39.7. The molecule has 0 amide bonds. The summed E-state index contributed by atoms with van der Waals surface area (Å²) >= 11 is 0. The standard InChI is InChI=1S/C54H56N2/c1-52(2,3)43-26-28-50(48(34-43)41-24-16-22-39(30-41)37-18-12-10-13-19-37)55-46-32-45(54(7,8)9)33-47(36-46)56-51-29-27-44(53(4,5)6)35-49(51)42-25-17-23-40(31-42)38-20-14-11-15-21-38/h10-36,55-56H,1-9H3. The van der Waals surface area contributed by atoms with Gasteiger partial charge in [-0.05, 0) is 121 Å². The minimum absolute atomic E-state index is 0.00835. The summed E-state index contributed by atoms with van der Waals surface area (Å²) in [5.41, 5.74) is 17.6. The van der Waals surface area contributed by atoms with Crippen molar-refractivity contribution >= 4 is 22.7 Å². The van der Waals surface area contributed by atoms with Crippen LogP contribution >= 0.6 is 0 Å². The van der Waals surface area contributed by atoms with Crippen molar-refractivity contribution in [2.24, 2.45) is 0 Å². The van der Waals surface area contributed by atoms with Crippen molar-refractivity contribution in [3.63, 3.8) is 0 Å². The van der Waals surface area contributed by atoms with Gasteiger partial charge in [0.05, 0.1) is 0 Å². The average molecular weight is 733 g/mol. The summed E-state index contributed by atoms with van der Waals surface area (Å²) in [6.45, 7) is 20.5. The number of benzene rings is 7. The Bertz CT molecular complexity index is 2290. The van der Waals surface area contributed by atoms with E-state index in [1.54, 1.807) is 0 Å². The summed E-state index contributed by atoms with van der Waals surface area (Å²) in [5, 5.41) is 7.82. The Morgan fingerprint density at radius 3 is 1.02 bits per heavy atom. The van der Waals surface area contributed by atoms with Crippen molar-refractivity contribution in [1.82, 2.24) is 0 Å². The third-order valence-corrected chi connectivity index (χ3v) is 10.7. The molecule has 0 spiro atoms. The lowest BCUT2D eigenvalue weighted by Crippen LogP contribution is -2.13. The summed E-state index contributed by atoms with van der Waals surface area (Å²) in [5.74, 6) is 0. The van der Waals surface area contributed by atoms with E-state index < -0.39 is 0 Å². The van der Waals surface area contributed by atoms with Crippen molar-refractivity contribution in [2.75, 3.05) is 10.6 Å². The van der Waals surface area contributed by atoms with Gasteiger partial charge in [0, 0.05) is 33.9 Å². The molecule has 7 rings (SSSR count). The number of anilines is 4. The fraction of sp³-hybridized carbons (Fsp3) is 0.222. The van der Waals surface area contributed by atoms with Crippen molar-refractivity contribution in [3.05, 3.63) is 180 Å². The van der Waals surface area contributed by atoms with E-state index in [4.69, 9.17) is 0 Å². The lowest BCUT2D eigenvalue weighted by molar-refractivity contribution is 0.590. The van der Waals surface area contributed by atoms with Gasteiger partial charge in [0.2, 0.25) is 0 Å². The molecule has 0 heterocycles. The lowest BCUT2D eigenvalue weighted by Gasteiger charge is -2.25. The Kier molecular flexibility index (Phi) is 10.5. The first-order chi connectivity index (χ1) is 26.6. The van der Waals surface area contributed by atoms with Crippen LogP contribution in [0, 0.1) is 0 Å². The zero-order valence-corrected chi connectivity index (χ0v) is 34.6. The van der Waals surface area contributed by atoms with Crippen molar-refractivity contribution in [3.8, 4) is 44.5 Å². The number of rotatable bonds is 8. The largest absolute Gasteiger partial charge is 0.355 e. The molecule has 7 aromatic carbocycles. The van der Waals surface area contributed by atoms with Gasteiger partial charge in [-0.1, -0.05) is 172 Å². The molecule has 0 atom stereocenters. The number of nitrogens with one attached hydrogen (secondary N) is 2. The second-order valence-electron chi connectivity index (χ2n) is 18.2.